The second-order valence-electron chi connectivity index (χ2n) is 11.3. The summed E-state index contributed by atoms with van der Waals surface area (Å²) in [4.78, 5) is 13.4. The summed E-state index contributed by atoms with van der Waals surface area (Å²) in [7, 11) is 0. The molecule has 1 aliphatic heterocycles. The van der Waals surface area contributed by atoms with Crippen molar-refractivity contribution in [3.63, 3.8) is 0 Å². The summed E-state index contributed by atoms with van der Waals surface area (Å²) < 4.78 is 49.9. The van der Waals surface area contributed by atoms with E-state index in [1.807, 2.05) is 0 Å². The van der Waals surface area contributed by atoms with Gasteiger partial charge >= 0.3 is 5.97 Å². The van der Waals surface area contributed by atoms with Crippen molar-refractivity contribution >= 4 is 5.97 Å². The number of aromatic hydroxyl groups is 7. The molecule has 1 aromatic heterocycles. The van der Waals surface area contributed by atoms with Gasteiger partial charge in [0.15, 0.2) is 46.8 Å². The van der Waals surface area contributed by atoms with Gasteiger partial charge in [-0.25, -0.2) is 13.9 Å². The lowest BCUT2D eigenvalue weighted by Crippen LogP contribution is -2.39. The van der Waals surface area contributed by atoms with Gasteiger partial charge in [0.1, 0.15) is 29.0 Å². The number of carbonyl (C=O) groups is 1. The molecule has 19 heteroatoms. The molecule has 3 unspecified atom stereocenters. The molecule has 0 fully saturated rings. The van der Waals surface area contributed by atoms with Crippen molar-refractivity contribution in [1.82, 2.24) is 15.0 Å². The average molecular weight is 733 g/mol. The molecule has 0 radical (unpaired) electrons. The van der Waals surface area contributed by atoms with E-state index < -0.39 is 75.9 Å². The molecular formula is C33H37FN4O14. The Morgan fingerprint density at radius 1 is 0.827 bits per heavy atom. The van der Waals surface area contributed by atoms with Crippen LogP contribution in [0.1, 0.15) is 39.4 Å². The molecule has 3 atom stereocenters. The summed E-state index contributed by atoms with van der Waals surface area (Å²) in [5, 5.41) is 79.4. The maximum atomic E-state index is 14.3. The first kappa shape index (κ1) is 37.7. The molecule has 280 valence electrons. The van der Waals surface area contributed by atoms with Crippen molar-refractivity contribution in [3.05, 3.63) is 70.8 Å². The predicted molar refractivity (Wildman–Crippen MR) is 173 cm³/mol. The van der Waals surface area contributed by atoms with Gasteiger partial charge < -0.3 is 69.9 Å². The molecule has 18 nitrogen and oxygen atoms in total. The molecule has 4 aromatic rings. The van der Waals surface area contributed by atoms with Crippen molar-refractivity contribution in [2.24, 2.45) is 5.73 Å². The van der Waals surface area contributed by atoms with Gasteiger partial charge in [0.2, 0.25) is 0 Å². The Morgan fingerprint density at radius 3 is 2.15 bits per heavy atom. The Labute approximate surface area is 294 Å². The summed E-state index contributed by atoms with van der Waals surface area (Å²) in [5.74, 6) is -8.09. The highest BCUT2D eigenvalue weighted by molar-refractivity contribution is 5.90. The number of rotatable bonds is 17. The molecule has 52 heavy (non-hydrogen) atoms. The van der Waals surface area contributed by atoms with Crippen molar-refractivity contribution in [3.8, 4) is 46.0 Å². The number of fused-ring (bicyclic) bond motifs is 1. The minimum absolute atomic E-state index is 0.0660. The molecule has 9 N–H and O–H groups in total. The summed E-state index contributed by atoms with van der Waals surface area (Å²) in [6, 6.07) is 5.51. The lowest BCUT2D eigenvalue weighted by molar-refractivity contribution is -0.116. The number of halogens is 1. The first-order valence-corrected chi connectivity index (χ1v) is 15.8. The van der Waals surface area contributed by atoms with E-state index >= 15 is 0 Å². The molecule has 0 aliphatic carbocycles. The van der Waals surface area contributed by atoms with Crippen LogP contribution in [-0.4, -0.2) is 109 Å². The molecule has 0 bridgehead atoms. The fraction of sp³-hybridized carbons (Fsp3) is 0.364. The van der Waals surface area contributed by atoms with Crippen LogP contribution < -0.4 is 10.5 Å². The van der Waals surface area contributed by atoms with E-state index in [9.17, 15) is 44.9 Å². The van der Waals surface area contributed by atoms with Gasteiger partial charge in [-0.3, -0.25) is 0 Å². The Hall–Kier alpha value is -5.60. The van der Waals surface area contributed by atoms with Crippen LogP contribution in [-0.2, 0) is 36.8 Å². The number of phenolic OH excluding ortho intramolecular Hbond substituents is 7. The molecule has 2 heterocycles. The van der Waals surface area contributed by atoms with Gasteiger partial charge in [-0.1, -0.05) is 5.21 Å². The van der Waals surface area contributed by atoms with Gasteiger partial charge in [-0.2, -0.15) is 0 Å². The van der Waals surface area contributed by atoms with E-state index in [0.717, 1.165) is 30.3 Å². The van der Waals surface area contributed by atoms with E-state index in [1.54, 1.807) is 6.20 Å². The van der Waals surface area contributed by atoms with Gasteiger partial charge in [0.25, 0.3) is 0 Å². The third kappa shape index (κ3) is 9.00. The van der Waals surface area contributed by atoms with Gasteiger partial charge in [0, 0.05) is 24.2 Å². The Morgan fingerprint density at radius 2 is 1.48 bits per heavy atom. The third-order valence-electron chi connectivity index (χ3n) is 7.65. The Kier molecular flexibility index (Phi) is 12.4. The quantitative estimate of drug-likeness (QED) is 0.0438. The van der Waals surface area contributed by atoms with Crippen molar-refractivity contribution in [2.45, 2.75) is 31.5 Å². The lowest BCUT2D eigenvalue weighted by Gasteiger charge is -2.39. The molecule has 1 aliphatic rings. The topological polar surface area (TPSA) is 271 Å². The zero-order chi connectivity index (χ0) is 37.4. The number of hydrogen-bond acceptors (Lipinski definition) is 17. The van der Waals surface area contributed by atoms with Crippen LogP contribution in [0, 0.1) is 5.82 Å². The summed E-state index contributed by atoms with van der Waals surface area (Å²) >= 11 is 0. The number of carbonyl (C=O) groups excluding carboxylic acids is 1. The van der Waals surface area contributed by atoms with Gasteiger partial charge in [-0.05, 0) is 24.3 Å². The molecule has 0 amide bonds. The Bertz CT molecular complexity index is 1810. The van der Waals surface area contributed by atoms with Crippen molar-refractivity contribution in [1.29, 1.82) is 0 Å². The lowest BCUT2D eigenvalue weighted by atomic mass is 9.90. The SMILES string of the molecule is NCCOCCOCCOCCn1cc(COC2c3c(O)cc(O)cc3OC(c3cc(O)c(O)c(O)c3)C2OC(=O)c2cc(O)c(O)c(F)c2)nn1. The highest BCUT2D eigenvalue weighted by Crippen LogP contribution is 2.51. The number of ether oxygens (including phenoxy) is 6. The molecular weight excluding hydrogens is 695 g/mol. The molecule has 0 spiro atoms. The van der Waals surface area contributed by atoms with Crippen LogP contribution in [0.2, 0.25) is 0 Å². The summed E-state index contributed by atoms with van der Waals surface area (Å²) in [6.45, 7) is 2.72. The number of phenols is 7. The second kappa shape index (κ2) is 17.1. The fourth-order valence-electron chi connectivity index (χ4n) is 5.22. The highest BCUT2D eigenvalue weighted by Gasteiger charge is 2.45. The van der Waals surface area contributed by atoms with Crippen LogP contribution in [0.3, 0.4) is 0 Å². The van der Waals surface area contributed by atoms with Crippen LogP contribution in [0.4, 0.5) is 4.39 Å². The van der Waals surface area contributed by atoms with E-state index in [2.05, 4.69) is 10.3 Å². The van der Waals surface area contributed by atoms with Crippen LogP contribution in [0.5, 0.6) is 46.0 Å². The number of nitrogens with two attached hydrogens (primary N) is 1. The fourth-order valence-corrected chi connectivity index (χ4v) is 5.22. The van der Waals surface area contributed by atoms with E-state index in [1.165, 1.54) is 4.68 Å². The second-order valence-corrected chi connectivity index (χ2v) is 11.3. The standard InChI is InChI=1S/C33H37FN4O14/c34-21-9-18(12-23(41)28(21)44)33(46)52-32-30(17-10-24(42)29(45)25(43)11-17)51-26-14-20(39)13-22(40)27(26)31(32)50-16-19-15-38(37-36-19)2-4-48-6-8-49-7-5-47-3-1-35/h9-15,30-32,39-45H,1-8,16,35H2. The maximum Gasteiger partial charge on any atom is 0.338 e. The number of aromatic nitrogens is 3. The molecule has 0 saturated heterocycles. The Balaban J connectivity index is 1.37. The number of nitrogens with zero attached hydrogens (tertiary/aromatic N) is 3. The largest absolute Gasteiger partial charge is 0.508 e. The summed E-state index contributed by atoms with van der Waals surface area (Å²) in [6.07, 6.45) is -2.98. The van der Waals surface area contributed by atoms with Crippen LogP contribution >= 0.6 is 0 Å². The van der Waals surface area contributed by atoms with Gasteiger partial charge in [-0.15, -0.1) is 5.10 Å². The van der Waals surface area contributed by atoms with E-state index in [4.69, 9.17) is 34.2 Å². The van der Waals surface area contributed by atoms with Crippen molar-refractivity contribution in [2.75, 3.05) is 46.2 Å². The maximum absolute atomic E-state index is 14.3. The third-order valence-corrected chi connectivity index (χ3v) is 7.65. The predicted octanol–water partition coefficient (Wildman–Crippen LogP) is 1.98. The van der Waals surface area contributed by atoms with Gasteiger partial charge in [0.05, 0.1) is 70.1 Å². The smallest absolute Gasteiger partial charge is 0.338 e. The van der Waals surface area contributed by atoms with Crippen molar-refractivity contribution < 1.29 is 73.4 Å². The number of benzene rings is 3. The zero-order valence-electron chi connectivity index (χ0n) is 27.4. The number of esters is 1. The summed E-state index contributed by atoms with van der Waals surface area (Å²) in [5.41, 5.74) is 4.96. The van der Waals surface area contributed by atoms with Crippen LogP contribution in [0.15, 0.2) is 42.6 Å². The first-order chi connectivity index (χ1) is 25.0. The minimum Gasteiger partial charge on any atom is -0.508 e. The monoisotopic (exact) mass is 732 g/mol. The molecule has 0 saturated carbocycles. The average Bonchev–Trinajstić information content (AvgIpc) is 3.56. The highest BCUT2D eigenvalue weighted by atomic mass is 19.1. The number of hydrogen-bond donors (Lipinski definition) is 8. The minimum atomic E-state index is -1.62. The van der Waals surface area contributed by atoms with Crippen LogP contribution in [0.25, 0.3) is 0 Å². The molecule has 5 rings (SSSR count). The van der Waals surface area contributed by atoms with E-state index in [-0.39, 0.29) is 30.1 Å². The molecule has 3 aromatic carbocycles. The zero-order valence-corrected chi connectivity index (χ0v) is 27.4. The normalized spacial score (nSPS) is 16.7. The van der Waals surface area contributed by atoms with E-state index in [0.29, 0.717) is 57.9 Å². The first-order valence-electron chi connectivity index (χ1n) is 15.8.